The summed E-state index contributed by atoms with van der Waals surface area (Å²) in [5.41, 5.74) is 8.38. The second-order valence-corrected chi connectivity index (χ2v) is 2.83. The van der Waals surface area contributed by atoms with Crippen molar-refractivity contribution in [3.05, 3.63) is 23.8 Å². The summed E-state index contributed by atoms with van der Waals surface area (Å²) in [6.45, 7) is 2.00. The van der Waals surface area contributed by atoms with Gasteiger partial charge in [0.15, 0.2) is 0 Å². The summed E-state index contributed by atoms with van der Waals surface area (Å²) in [7, 11) is 0. The molecule has 1 heterocycles. The van der Waals surface area contributed by atoms with E-state index in [-0.39, 0.29) is 0 Å². The van der Waals surface area contributed by atoms with E-state index in [1.165, 1.54) is 4.68 Å². The summed E-state index contributed by atoms with van der Waals surface area (Å²) in [6.07, 6.45) is 0. The van der Waals surface area contributed by atoms with Crippen molar-refractivity contribution < 1.29 is 0 Å². The molecule has 0 aliphatic carbocycles. The zero-order valence-electron chi connectivity index (χ0n) is 6.78. The fourth-order valence-electron chi connectivity index (χ4n) is 1.22. The normalized spacial score (nSPS) is 10.8. The summed E-state index contributed by atoms with van der Waals surface area (Å²) in [4.78, 5) is 4.07. The topological polar surface area (TPSA) is 69.9 Å². The fourth-order valence-corrected chi connectivity index (χ4v) is 1.22. The van der Waals surface area contributed by atoms with Crippen LogP contribution in [0.25, 0.3) is 11.0 Å². The molecule has 2 aromatic rings. The molecule has 0 radical (unpaired) electrons. The number of nitrogens with two attached hydrogens (primary N) is 2. The molecule has 0 bridgehead atoms. The number of imidazole rings is 1. The quantitative estimate of drug-likeness (QED) is 0.558. The Kier molecular flexibility index (Phi) is 1.24. The first-order valence-corrected chi connectivity index (χ1v) is 3.68. The summed E-state index contributed by atoms with van der Waals surface area (Å²) in [5, 5.41) is 0. The van der Waals surface area contributed by atoms with Crippen LogP contribution in [-0.4, -0.2) is 9.66 Å². The molecule has 0 unspecified atom stereocenters. The van der Waals surface area contributed by atoms with Crippen molar-refractivity contribution >= 4 is 17.0 Å². The molecule has 0 saturated carbocycles. The third-order valence-corrected chi connectivity index (χ3v) is 1.87. The van der Waals surface area contributed by atoms with Gasteiger partial charge in [0.05, 0.1) is 11.0 Å². The van der Waals surface area contributed by atoms with Gasteiger partial charge in [-0.2, -0.15) is 0 Å². The summed E-state index contributed by atoms with van der Waals surface area (Å²) in [6, 6.07) is 5.85. The van der Waals surface area contributed by atoms with E-state index >= 15 is 0 Å². The number of anilines is 1. The van der Waals surface area contributed by atoms with Crippen LogP contribution in [0.1, 0.15) is 5.56 Å². The Balaban J connectivity index is 2.88. The number of aryl methyl sites for hydroxylation is 1. The van der Waals surface area contributed by atoms with Crippen LogP contribution in [-0.2, 0) is 0 Å². The molecular formula is C8H10N4. The van der Waals surface area contributed by atoms with Gasteiger partial charge < -0.3 is 11.6 Å². The number of hydrogen-bond acceptors (Lipinski definition) is 3. The van der Waals surface area contributed by atoms with Crippen LogP contribution in [0.15, 0.2) is 18.2 Å². The number of hydrogen-bond donors (Lipinski definition) is 2. The van der Waals surface area contributed by atoms with Crippen molar-refractivity contribution in [3.8, 4) is 0 Å². The number of nitrogen functional groups attached to an aromatic ring is 2. The second-order valence-electron chi connectivity index (χ2n) is 2.83. The van der Waals surface area contributed by atoms with Gasteiger partial charge in [-0.3, -0.25) is 0 Å². The minimum absolute atomic E-state index is 0.343. The van der Waals surface area contributed by atoms with E-state index in [1.54, 1.807) is 0 Å². The highest BCUT2D eigenvalue weighted by molar-refractivity contribution is 5.78. The van der Waals surface area contributed by atoms with Crippen molar-refractivity contribution in [2.45, 2.75) is 6.92 Å². The number of rotatable bonds is 0. The minimum Gasteiger partial charge on any atom is -0.368 e. The van der Waals surface area contributed by atoms with E-state index in [1.807, 2.05) is 25.1 Å². The SMILES string of the molecule is Cc1ccc2nc(N)n(N)c2c1. The molecule has 1 aromatic heterocycles. The summed E-state index contributed by atoms with van der Waals surface area (Å²) >= 11 is 0. The molecule has 4 nitrogen and oxygen atoms in total. The van der Waals surface area contributed by atoms with Crippen LogP contribution in [0.4, 0.5) is 5.95 Å². The summed E-state index contributed by atoms with van der Waals surface area (Å²) < 4.78 is 1.39. The highest BCUT2D eigenvalue weighted by Crippen LogP contribution is 2.15. The lowest BCUT2D eigenvalue weighted by atomic mass is 10.2. The molecular weight excluding hydrogens is 152 g/mol. The van der Waals surface area contributed by atoms with E-state index in [0.29, 0.717) is 5.95 Å². The maximum Gasteiger partial charge on any atom is 0.220 e. The van der Waals surface area contributed by atoms with Gasteiger partial charge in [-0.25, -0.2) is 9.66 Å². The molecule has 0 fully saturated rings. The van der Waals surface area contributed by atoms with Crippen LogP contribution in [0, 0.1) is 6.92 Å². The van der Waals surface area contributed by atoms with Crippen LogP contribution < -0.4 is 11.6 Å². The zero-order valence-corrected chi connectivity index (χ0v) is 6.78. The van der Waals surface area contributed by atoms with Gasteiger partial charge in [-0.1, -0.05) is 6.07 Å². The van der Waals surface area contributed by atoms with E-state index in [0.717, 1.165) is 16.6 Å². The standard InChI is InChI=1S/C8H10N4/c1-5-2-3-6-7(4-5)12(10)8(9)11-6/h2-4H,10H2,1H3,(H2,9,11). The third kappa shape index (κ3) is 0.812. The average Bonchev–Trinajstić information content (AvgIpc) is 2.31. The largest absolute Gasteiger partial charge is 0.368 e. The predicted molar refractivity (Wildman–Crippen MR) is 49.0 cm³/mol. The van der Waals surface area contributed by atoms with Gasteiger partial charge in [0.1, 0.15) is 0 Å². The van der Waals surface area contributed by atoms with Gasteiger partial charge in [-0.15, -0.1) is 0 Å². The van der Waals surface area contributed by atoms with Crippen LogP contribution in [0.2, 0.25) is 0 Å². The molecule has 1 aromatic carbocycles. The Hall–Kier alpha value is -1.71. The smallest absolute Gasteiger partial charge is 0.220 e. The molecule has 0 aliphatic rings. The molecule has 2 rings (SSSR count). The molecule has 0 saturated heterocycles. The molecule has 0 atom stereocenters. The number of aromatic nitrogens is 2. The number of benzene rings is 1. The van der Waals surface area contributed by atoms with Crippen LogP contribution >= 0.6 is 0 Å². The van der Waals surface area contributed by atoms with Gasteiger partial charge in [0.25, 0.3) is 0 Å². The maximum atomic E-state index is 5.64. The van der Waals surface area contributed by atoms with Crippen molar-refractivity contribution in [2.75, 3.05) is 11.6 Å². The predicted octanol–water partition coefficient (Wildman–Crippen LogP) is 0.641. The highest BCUT2D eigenvalue weighted by Gasteiger charge is 2.03. The lowest BCUT2D eigenvalue weighted by Crippen LogP contribution is -2.11. The first-order chi connectivity index (χ1) is 5.68. The number of nitrogens with zero attached hydrogens (tertiary/aromatic N) is 2. The highest BCUT2D eigenvalue weighted by atomic mass is 15.4. The lowest BCUT2D eigenvalue weighted by Gasteiger charge is -1.96. The van der Waals surface area contributed by atoms with Gasteiger partial charge in [-0.05, 0) is 24.6 Å². The first-order valence-electron chi connectivity index (χ1n) is 3.68. The van der Waals surface area contributed by atoms with E-state index in [9.17, 15) is 0 Å². The van der Waals surface area contributed by atoms with Crippen molar-refractivity contribution in [1.82, 2.24) is 9.66 Å². The average molecular weight is 162 g/mol. The van der Waals surface area contributed by atoms with Gasteiger partial charge in [0.2, 0.25) is 5.95 Å². The van der Waals surface area contributed by atoms with Gasteiger partial charge >= 0.3 is 0 Å². The Labute approximate surface area is 69.8 Å². The van der Waals surface area contributed by atoms with E-state index in [2.05, 4.69) is 4.98 Å². The van der Waals surface area contributed by atoms with E-state index in [4.69, 9.17) is 11.6 Å². The van der Waals surface area contributed by atoms with Crippen molar-refractivity contribution in [3.63, 3.8) is 0 Å². The van der Waals surface area contributed by atoms with Crippen molar-refractivity contribution in [2.24, 2.45) is 0 Å². The fraction of sp³-hybridized carbons (Fsp3) is 0.125. The lowest BCUT2D eigenvalue weighted by molar-refractivity contribution is 1.05. The number of fused-ring (bicyclic) bond motifs is 1. The molecule has 0 amide bonds. The first kappa shape index (κ1) is 6.97. The van der Waals surface area contributed by atoms with Crippen LogP contribution in [0.5, 0.6) is 0 Å². The van der Waals surface area contributed by atoms with Crippen molar-refractivity contribution in [1.29, 1.82) is 0 Å². The maximum absolute atomic E-state index is 5.64. The molecule has 62 valence electrons. The second kappa shape index (κ2) is 2.14. The third-order valence-electron chi connectivity index (χ3n) is 1.87. The monoisotopic (exact) mass is 162 g/mol. The minimum atomic E-state index is 0.343. The molecule has 0 spiro atoms. The molecule has 12 heavy (non-hydrogen) atoms. The van der Waals surface area contributed by atoms with E-state index < -0.39 is 0 Å². The Morgan fingerprint density at radius 1 is 1.42 bits per heavy atom. The Morgan fingerprint density at radius 2 is 2.17 bits per heavy atom. The Bertz CT molecular complexity index is 430. The Morgan fingerprint density at radius 3 is 2.92 bits per heavy atom. The molecule has 4 heteroatoms. The zero-order chi connectivity index (χ0) is 8.72. The summed E-state index contributed by atoms with van der Waals surface area (Å²) in [5.74, 6) is 5.98. The van der Waals surface area contributed by atoms with Crippen LogP contribution in [0.3, 0.4) is 0 Å². The van der Waals surface area contributed by atoms with Gasteiger partial charge in [0, 0.05) is 0 Å². The molecule has 4 N–H and O–H groups in total. The molecule has 0 aliphatic heterocycles.